The van der Waals surface area contributed by atoms with Crippen molar-refractivity contribution in [2.75, 3.05) is 5.32 Å². The lowest BCUT2D eigenvalue weighted by Crippen LogP contribution is -2.24. The summed E-state index contributed by atoms with van der Waals surface area (Å²) in [6, 6.07) is 13.3. The van der Waals surface area contributed by atoms with E-state index in [1.54, 1.807) is 30.3 Å². The van der Waals surface area contributed by atoms with Gasteiger partial charge in [0.25, 0.3) is 5.91 Å². The molecule has 0 aromatic heterocycles. The third kappa shape index (κ3) is 4.66. The fourth-order valence-electron chi connectivity index (χ4n) is 1.83. The summed E-state index contributed by atoms with van der Waals surface area (Å²) in [7, 11) is 0. The summed E-state index contributed by atoms with van der Waals surface area (Å²) in [5.74, 6) is -0.615. The lowest BCUT2D eigenvalue weighted by Gasteiger charge is -2.07. The maximum absolute atomic E-state index is 12.1. The summed E-state index contributed by atoms with van der Waals surface area (Å²) in [4.78, 5) is 12.1. The Hall–Kier alpha value is -2.68. The molecular weight excluding hydrogens is 349 g/mol. The van der Waals surface area contributed by atoms with Gasteiger partial charge in [0.15, 0.2) is 0 Å². The Morgan fingerprint density at radius 3 is 2.71 bits per heavy atom. The molecule has 2 aromatic rings. The van der Waals surface area contributed by atoms with Crippen LogP contribution in [-0.4, -0.2) is 11.0 Å². The number of carbonyl (C=O) groups is 1. The van der Waals surface area contributed by atoms with Gasteiger partial charge in [-0.1, -0.05) is 41.4 Å². The monoisotopic (exact) mass is 361 g/mol. The second-order valence-corrected chi connectivity index (χ2v) is 5.59. The highest BCUT2D eigenvalue weighted by atomic mass is 35.5. The minimum absolute atomic E-state index is 0.0515. The SMILES string of the molecule is N#C/C(=C/Nc1cc(Cl)ccc1O)C(=O)NCc1ccccc1Cl. The van der Waals surface area contributed by atoms with Gasteiger partial charge >= 0.3 is 0 Å². The number of benzene rings is 2. The highest BCUT2D eigenvalue weighted by Crippen LogP contribution is 2.26. The van der Waals surface area contributed by atoms with Gasteiger partial charge in [0, 0.05) is 22.8 Å². The molecule has 3 N–H and O–H groups in total. The number of hydrogen-bond acceptors (Lipinski definition) is 4. The molecule has 0 unspecified atom stereocenters. The minimum Gasteiger partial charge on any atom is -0.506 e. The van der Waals surface area contributed by atoms with Crippen LogP contribution in [0.1, 0.15) is 5.56 Å². The van der Waals surface area contributed by atoms with E-state index in [1.807, 2.05) is 0 Å². The third-order valence-corrected chi connectivity index (χ3v) is 3.70. The van der Waals surface area contributed by atoms with Gasteiger partial charge in [-0.2, -0.15) is 5.26 Å². The molecule has 0 radical (unpaired) electrons. The van der Waals surface area contributed by atoms with Crippen molar-refractivity contribution in [3.63, 3.8) is 0 Å². The molecule has 24 heavy (non-hydrogen) atoms. The highest BCUT2D eigenvalue weighted by Gasteiger charge is 2.10. The molecule has 5 nitrogen and oxygen atoms in total. The van der Waals surface area contributed by atoms with Crippen LogP contribution in [0.15, 0.2) is 54.2 Å². The van der Waals surface area contributed by atoms with Crippen LogP contribution in [0.3, 0.4) is 0 Å². The van der Waals surface area contributed by atoms with Crippen molar-refractivity contribution in [1.29, 1.82) is 5.26 Å². The van der Waals surface area contributed by atoms with Crippen LogP contribution in [0.5, 0.6) is 5.75 Å². The van der Waals surface area contributed by atoms with Crippen molar-refractivity contribution in [1.82, 2.24) is 5.32 Å². The molecule has 0 bridgehead atoms. The Morgan fingerprint density at radius 1 is 1.25 bits per heavy atom. The summed E-state index contributed by atoms with van der Waals surface area (Å²) in [6.45, 7) is 0.194. The van der Waals surface area contributed by atoms with Crippen molar-refractivity contribution >= 4 is 34.8 Å². The minimum atomic E-state index is -0.563. The van der Waals surface area contributed by atoms with Crippen LogP contribution in [0.25, 0.3) is 0 Å². The van der Waals surface area contributed by atoms with Crippen LogP contribution in [-0.2, 0) is 11.3 Å². The molecule has 0 saturated heterocycles. The van der Waals surface area contributed by atoms with Gasteiger partial charge in [0.2, 0.25) is 0 Å². The Morgan fingerprint density at radius 2 is 2.00 bits per heavy atom. The second-order valence-electron chi connectivity index (χ2n) is 4.75. The first kappa shape index (κ1) is 17.7. The molecule has 0 aliphatic rings. The van der Waals surface area contributed by atoms with Crippen LogP contribution in [0.2, 0.25) is 10.0 Å². The number of aromatic hydroxyl groups is 1. The number of anilines is 1. The molecule has 2 aromatic carbocycles. The number of phenols is 1. The molecule has 0 atom stereocenters. The van der Waals surface area contributed by atoms with Crippen molar-refractivity contribution in [3.8, 4) is 11.8 Å². The van der Waals surface area contributed by atoms with Gasteiger partial charge in [-0.05, 0) is 29.8 Å². The highest BCUT2D eigenvalue weighted by molar-refractivity contribution is 6.31. The number of rotatable bonds is 5. The first-order valence-electron chi connectivity index (χ1n) is 6.88. The Kier molecular flexibility index (Phi) is 6.07. The summed E-state index contributed by atoms with van der Waals surface area (Å²) in [5.41, 5.74) is 0.876. The Balaban J connectivity index is 2.05. The molecule has 122 valence electrons. The quantitative estimate of drug-likeness (QED) is 0.429. The Labute approximate surface area is 149 Å². The van der Waals surface area contributed by atoms with Gasteiger partial charge < -0.3 is 15.7 Å². The number of carbonyl (C=O) groups excluding carboxylic acids is 1. The molecule has 1 amide bonds. The fourth-order valence-corrected chi connectivity index (χ4v) is 2.21. The van der Waals surface area contributed by atoms with Crippen LogP contribution in [0, 0.1) is 11.3 Å². The second kappa shape index (κ2) is 8.25. The molecule has 0 aliphatic heterocycles. The predicted molar refractivity (Wildman–Crippen MR) is 93.7 cm³/mol. The van der Waals surface area contributed by atoms with Crippen molar-refractivity contribution in [2.24, 2.45) is 0 Å². The molecular formula is C17H13Cl2N3O2. The van der Waals surface area contributed by atoms with Crippen LogP contribution < -0.4 is 10.6 Å². The van der Waals surface area contributed by atoms with Crippen molar-refractivity contribution in [2.45, 2.75) is 6.54 Å². The molecule has 0 saturated carbocycles. The van der Waals surface area contributed by atoms with E-state index in [4.69, 9.17) is 28.5 Å². The molecule has 7 heteroatoms. The van der Waals surface area contributed by atoms with E-state index in [-0.39, 0.29) is 23.6 Å². The molecule has 0 heterocycles. The van der Waals surface area contributed by atoms with Gasteiger partial charge in [0.05, 0.1) is 5.69 Å². The van der Waals surface area contributed by atoms with Crippen molar-refractivity contribution in [3.05, 3.63) is 69.8 Å². The average molecular weight is 362 g/mol. The molecule has 0 fully saturated rings. The third-order valence-electron chi connectivity index (χ3n) is 3.09. The van der Waals surface area contributed by atoms with E-state index < -0.39 is 5.91 Å². The first-order valence-corrected chi connectivity index (χ1v) is 7.64. The number of amides is 1. The number of nitriles is 1. The zero-order valence-corrected chi connectivity index (χ0v) is 13.9. The summed E-state index contributed by atoms with van der Waals surface area (Å²) < 4.78 is 0. The number of hydrogen-bond donors (Lipinski definition) is 3. The summed E-state index contributed by atoms with van der Waals surface area (Å²) in [5, 5.41) is 25.0. The predicted octanol–water partition coefficient (Wildman–Crippen LogP) is 3.83. The van der Waals surface area contributed by atoms with Gasteiger partial charge in [-0.15, -0.1) is 0 Å². The zero-order chi connectivity index (χ0) is 17.5. The maximum Gasteiger partial charge on any atom is 0.263 e. The van der Waals surface area contributed by atoms with Crippen LogP contribution in [0.4, 0.5) is 5.69 Å². The van der Waals surface area contributed by atoms with E-state index in [2.05, 4.69) is 10.6 Å². The van der Waals surface area contributed by atoms with E-state index in [0.717, 1.165) is 5.56 Å². The standard InChI is InChI=1S/C17H13Cl2N3O2/c18-13-5-6-16(23)15(7-13)21-10-12(8-20)17(24)22-9-11-3-1-2-4-14(11)19/h1-7,10,21,23H,9H2,(H,22,24)/b12-10-. The van der Waals surface area contributed by atoms with Gasteiger partial charge in [-0.3, -0.25) is 4.79 Å². The largest absolute Gasteiger partial charge is 0.506 e. The topological polar surface area (TPSA) is 85.2 Å². The number of nitrogens with one attached hydrogen (secondary N) is 2. The summed E-state index contributed by atoms with van der Waals surface area (Å²) in [6.07, 6.45) is 1.20. The zero-order valence-electron chi connectivity index (χ0n) is 12.4. The smallest absolute Gasteiger partial charge is 0.263 e. The van der Waals surface area contributed by atoms with Gasteiger partial charge in [-0.25, -0.2) is 0 Å². The lowest BCUT2D eigenvalue weighted by atomic mass is 10.2. The number of phenolic OH excluding ortho intramolecular Hbond substituents is 1. The van der Waals surface area contributed by atoms with E-state index in [0.29, 0.717) is 10.0 Å². The molecule has 0 spiro atoms. The first-order chi connectivity index (χ1) is 11.5. The lowest BCUT2D eigenvalue weighted by molar-refractivity contribution is -0.117. The number of halogens is 2. The van der Waals surface area contributed by atoms with Crippen LogP contribution >= 0.6 is 23.2 Å². The molecule has 2 rings (SSSR count). The van der Waals surface area contributed by atoms with Gasteiger partial charge in [0.1, 0.15) is 17.4 Å². The summed E-state index contributed by atoms with van der Waals surface area (Å²) >= 11 is 11.8. The average Bonchev–Trinajstić information content (AvgIpc) is 2.57. The maximum atomic E-state index is 12.1. The van der Waals surface area contributed by atoms with E-state index >= 15 is 0 Å². The van der Waals surface area contributed by atoms with E-state index in [1.165, 1.54) is 24.4 Å². The van der Waals surface area contributed by atoms with E-state index in [9.17, 15) is 9.90 Å². The van der Waals surface area contributed by atoms with Crippen molar-refractivity contribution < 1.29 is 9.90 Å². The normalized spacial score (nSPS) is 10.8. The Bertz CT molecular complexity index is 829. The fraction of sp³-hybridized carbons (Fsp3) is 0.0588. The molecule has 0 aliphatic carbocycles. The number of nitrogens with zero attached hydrogens (tertiary/aromatic N) is 1.